The lowest BCUT2D eigenvalue weighted by atomic mass is 10.6. The van der Waals surface area contributed by atoms with Crippen LogP contribution in [0.15, 0.2) is 0 Å². The molecule has 0 nitrogen and oxygen atoms in total. The highest BCUT2D eigenvalue weighted by Crippen LogP contribution is 2.60. The first-order valence-electron chi connectivity index (χ1n) is 13.9. The Morgan fingerprint density at radius 3 is 0.433 bits per heavy atom. The van der Waals surface area contributed by atoms with E-state index in [9.17, 15) is 0 Å². The van der Waals surface area contributed by atoms with E-state index in [0.29, 0.717) is 0 Å². The standard InChI is InChI=1S/C24H60Si6/c1-13-19-25(7)26(8,20-14-2)28(10,22-16-4)30(12,24-18-6)29(11,23-17-5)27(25,9)21-15-3/h13-24H2,1-12H3. The molecular weight excluding hydrogens is 457 g/mol. The predicted molar refractivity (Wildman–Crippen MR) is 160 cm³/mol. The van der Waals surface area contributed by atoms with Gasteiger partial charge in [-0.25, -0.2) is 0 Å². The van der Waals surface area contributed by atoms with Crippen LogP contribution in [-0.2, 0) is 0 Å². The van der Waals surface area contributed by atoms with Gasteiger partial charge in [-0.1, -0.05) is 156 Å². The van der Waals surface area contributed by atoms with Crippen LogP contribution >= 0.6 is 0 Å². The largest absolute Gasteiger partial charge is 0.0733 e. The van der Waals surface area contributed by atoms with E-state index in [1.54, 1.807) is 36.3 Å². The van der Waals surface area contributed by atoms with Crippen LogP contribution in [0.4, 0.5) is 0 Å². The fraction of sp³-hybridized carbons (Fsp3) is 1.00. The maximum Gasteiger partial charge on any atom is 0.0342 e. The van der Waals surface area contributed by atoms with Crippen molar-refractivity contribution < 1.29 is 0 Å². The zero-order valence-electron chi connectivity index (χ0n) is 23.5. The Labute approximate surface area is 197 Å². The number of hydrogen-bond donors (Lipinski definition) is 0. The highest BCUT2D eigenvalue weighted by Gasteiger charge is 2.81. The molecule has 0 radical (unpaired) electrons. The average molecular weight is 517 g/mol. The molecule has 0 amide bonds. The van der Waals surface area contributed by atoms with E-state index in [-0.39, 0.29) is 0 Å². The van der Waals surface area contributed by atoms with E-state index in [1.807, 2.05) is 0 Å². The van der Waals surface area contributed by atoms with E-state index >= 15 is 0 Å². The van der Waals surface area contributed by atoms with Crippen LogP contribution in [0.1, 0.15) is 80.1 Å². The SMILES string of the molecule is CCC[Si]1(C)[Si](C)(CCC)[Si](C)(CCC)[Si](C)(CCC)[Si](C)(CCC)[Si]1(C)CCC. The van der Waals surface area contributed by atoms with Crippen molar-refractivity contribution in [1.82, 2.24) is 0 Å². The Hall–Kier alpha value is 1.30. The highest BCUT2D eigenvalue weighted by molar-refractivity contribution is 8.14. The minimum Gasteiger partial charge on any atom is -0.0733 e. The van der Waals surface area contributed by atoms with Gasteiger partial charge in [0.25, 0.3) is 0 Å². The van der Waals surface area contributed by atoms with Gasteiger partial charge in [-0.2, -0.15) is 0 Å². The van der Waals surface area contributed by atoms with Gasteiger partial charge in [0.15, 0.2) is 0 Å². The van der Waals surface area contributed by atoms with E-state index in [0.717, 1.165) is 0 Å². The Kier molecular flexibility index (Phi) is 10.5. The summed E-state index contributed by atoms with van der Waals surface area (Å²) in [4.78, 5) is 0. The van der Waals surface area contributed by atoms with Gasteiger partial charge in [-0.05, 0) is 0 Å². The van der Waals surface area contributed by atoms with Gasteiger partial charge in [-0.3, -0.25) is 0 Å². The summed E-state index contributed by atoms with van der Waals surface area (Å²) in [5.74, 6) is 0. The second-order valence-corrected chi connectivity index (χ2v) is 80.2. The third-order valence-corrected chi connectivity index (χ3v) is 161. The molecule has 0 aromatic carbocycles. The lowest BCUT2D eigenvalue weighted by molar-refractivity contribution is 1.01. The fourth-order valence-corrected chi connectivity index (χ4v) is 270. The average Bonchev–Trinajstić information content (AvgIpc) is 2.67. The molecule has 180 valence electrons. The summed E-state index contributed by atoms with van der Waals surface area (Å²) in [5.41, 5.74) is 0. The molecule has 1 rings (SSSR count). The highest BCUT2D eigenvalue weighted by atomic mass is 30.2. The van der Waals surface area contributed by atoms with Crippen molar-refractivity contribution in [3.8, 4) is 0 Å². The smallest absolute Gasteiger partial charge is 0.0342 e. The normalized spacial score (nSPS) is 44.4. The van der Waals surface area contributed by atoms with Crippen molar-refractivity contribution in [2.24, 2.45) is 0 Å². The first-order chi connectivity index (χ1) is 13.9. The van der Waals surface area contributed by atoms with Crippen LogP contribution in [0.2, 0.25) is 75.5 Å². The molecule has 1 aliphatic rings. The van der Waals surface area contributed by atoms with E-state index in [1.165, 1.54) is 38.5 Å². The van der Waals surface area contributed by atoms with Crippen LogP contribution in [0.5, 0.6) is 0 Å². The van der Waals surface area contributed by atoms with Crippen LogP contribution in [0, 0.1) is 0 Å². The topological polar surface area (TPSA) is 0 Å². The maximum atomic E-state index is 3.11. The van der Waals surface area contributed by atoms with Crippen LogP contribution in [0.25, 0.3) is 0 Å². The van der Waals surface area contributed by atoms with Crippen molar-refractivity contribution in [2.75, 3.05) is 0 Å². The Morgan fingerprint density at radius 2 is 0.367 bits per heavy atom. The first-order valence-corrected chi connectivity index (χ1v) is 36.1. The number of rotatable bonds is 12. The van der Waals surface area contributed by atoms with Gasteiger partial charge in [0.1, 0.15) is 0 Å². The third kappa shape index (κ3) is 3.73. The van der Waals surface area contributed by atoms with Crippen LogP contribution < -0.4 is 0 Å². The molecule has 0 bridgehead atoms. The molecule has 0 N–H and O–H groups in total. The molecule has 30 heavy (non-hydrogen) atoms. The van der Waals surface area contributed by atoms with Gasteiger partial charge < -0.3 is 0 Å². The van der Waals surface area contributed by atoms with E-state index < -0.39 is 42.7 Å². The van der Waals surface area contributed by atoms with Crippen molar-refractivity contribution in [3.05, 3.63) is 0 Å². The van der Waals surface area contributed by atoms with Gasteiger partial charge in [-0.15, -0.1) is 0 Å². The summed E-state index contributed by atoms with van der Waals surface area (Å²) >= 11 is 0. The van der Waals surface area contributed by atoms with Crippen molar-refractivity contribution in [3.63, 3.8) is 0 Å². The molecule has 0 aliphatic carbocycles. The van der Waals surface area contributed by atoms with Crippen molar-refractivity contribution in [2.45, 2.75) is 156 Å². The molecule has 0 aromatic rings. The molecule has 0 atom stereocenters. The zero-order chi connectivity index (χ0) is 23.5. The lowest BCUT2D eigenvalue weighted by Crippen LogP contribution is -3.03. The number of hydrogen-bond acceptors (Lipinski definition) is 0. The van der Waals surface area contributed by atoms with Crippen LogP contribution in [0.3, 0.4) is 0 Å². The summed E-state index contributed by atoms with van der Waals surface area (Å²) in [6.45, 7) is 34.1. The molecule has 1 aliphatic heterocycles. The van der Waals surface area contributed by atoms with Gasteiger partial charge in [0.2, 0.25) is 0 Å². The molecule has 1 saturated heterocycles. The van der Waals surface area contributed by atoms with Gasteiger partial charge >= 0.3 is 0 Å². The minimum absolute atomic E-state index is 1.21. The van der Waals surface area contributed by atoms with E-state index in [2.05, 4.69) is 80.8 Å². The Morgan fingerprint density at radius 1 is 0.267 bits per heavy atom. The second-order valence-electron chi connectivity index (χ2n) is 12.5. The molecule has 0 saturated carbocycles. The zero-order valence-corrected chi connectivity index (χ0v) is 29.5. The molecule has 1 fully saturated rings. The lowest BCUT2D eigenvalue weighted by Gasteiger charge is -2.77. The fourth-order valence-electron chi connectivity index (χ4n) is 9.96. The maximum absolute atomic E-state index is 3.11. The summed E-state index contributed by atoms with van der Waals surface area (Å²) in [7, 11) is -7.28. The first kappa shape index (κ1) is 29.3. The second kappa shape index (κ2) is 10.7. The summed E-state index contributed by atoms with van der Waals surface area (Å²) < 4.78 is 0. The Bertz CT molecular complexity index is 410. The third-order valence-electron chi connectivity index (χ3n) is 11.8. The summed E-state index contributed by atoms with van der Waals surface area (Å²) in [5, 5.41) is 0. The monoisotopic (exact) mass is 516 g/mol. The van der Waals surface area contributed by atoms with Crippen molar-refractivity contribution >= 4 is 42.7 Å². The van der Waals surface area contributed by atoms with Crippen molar-refractivity contribution in [1.29, 1.82) is 0 Å². The summed E-state index contributed by atoms with van der Waals surface area (Å²) in [6.07, 6.45) is 9.00. The van der Waals surface area contributed by atoms with E-state index in [4.69, 9.17) is 0 Å². The molecule has 0 aromatic heterocycles. The minimum atomic E-state index is -1.21. The Balaban J connectivity index is 4.18. The quantitative estimate of drug-likeness (QED) is 0.226. The molecule has 6 heteroatoms. The molecule has 0 unspecified atom stereocenters. The van der Waals surface area contributed by atoms with Gasteiger partial charge in [0.05, 0.1) is 0 Å². The summed E-state index contributed by atoms with van der Waals surface area (Å²) in [6, 6.07) is 10.4. The molecular formula is C24H60Si6. The molecule has 0 spiro atoms. The van der Waals surface area contributed by atoms with Crippen LogP contribution in [-0.4, -0.2) is 42.7 Å². The predicted octanol–water partition coefficient (Wildman–Crippen LogP) is 9.40. The molecule has 1 heterocycles. The van der Waals surface area contributed by atoms with Gasteiger partial charge in [0, 0.05) is 42.7 Å².